The summed E-state index contributed by atoms with van der Waals surface area (Å²) in [5.41, 5.74) is 2.84. The summed E-state index contributed by atoms with van der Waals surface area (Å²) in [4.78, 5) is 43.0. The molecule has 1 aliphatic heterocycles. The molecule has 1 heterocycles. The Morgan fingerprint density at radius 1 is 0.947 bits per heavy atom. The number of aryl methyl sites for hydroxylation is 1. The van der Waals surface area contributed by atoms with Crippen LogP contribution in [0.25, 0.3) is 0 Å². The minimum atomic E-state index is -0.914. The molecule has 8 heteroatoms. The molecule has 4 rings (SSSR count). The van der Waals surface area contributed by atoms with Crippen molar-refractivity contribution in [3.05, 3.63) is 83.4 Å². The molecule has 1 fully saturated rings. The predicted molar refractivity (Wildman–Crippen MR) is 144 cm³/mol. The van der Waals surface area contributed by atoms with Gasteiger partial charge >= 0.3 is 0 Å². The molecule has 8 nitrogen and oxygen atoms in total. The lowest BCUT2D eigenvalue weighted by Gasteiger charge is -2.28. The van der Waals surface area contributed by atoms with Crippen molar-refractivity contribution in [2.45, 2.75) is 32.7 Å². The first-order valence-electron chi connectivity index (χ1n) is 12.5. The van der Waals surface area contributed by atoms with Crippen molar-refractivity contribution < 1.29 is 28.6 Å². The first kappa shape index (κ1) is 26.7. The highest BCUT2D eigenvalue weighted by molar-refractivity contribution is 6.23. The summed E-state index contributed by atoms with van der Waals surface area (Å²) in [7, 11) is 3.13. The highest BCUT2D eigenvalue weighted by atomic mass is 16.5. The van der Waals surface area contributed by atoms with Crippen LogP contribution in [0.15, 0.2) is 66.7 Å². The number of amides is 3. The maximum absolute atomic E-state index is 13.7. The number of carbonyl (C=O) groups is 3. The molecule has 3 aromatic rings. The Morgan fingerprint density at radius 2 is 1.63 bits per heavy atom. The van der Waals surface area contributed by atoms with E-state index < -0.39 is 11.9 Å². The zero-order valence-electron chi connectivity index (χ0n) is 22.1. The molecule has 0 N–H and O–H groups in total. The first-order valence-corrected chi connectivity index (χ1v) is 12.5. The van der Waals surface area contributed by atoms with E-state index in [9.17, 15) is 14.4 Å². The normalized spacial score (nSPS) is 14.9. The lowest BCUT2D eigenvalue weighted by Crippen LogP contribution is -2.46. The maximum Gasteiger partial charge on any atom is 0.257 e. The van der Waals surface area contributed by atoms with Gasteiger partial charge < -0.3 is 19.1 Å². The van der Waals surface area contributed by atoms with Crippen molar-refractivity contribution in [1.29, 1.82) is 0 Å². The Labute approximate surface area is 222 Å². The summed E-state index contributed by atoms with van der Waals surface area (Å²) in [6.45, 7) is 4.58. The Hall–Kier alpha value is -4.33. The van der Waals surface area contributed by atoms with E-state index in [1.54, 1.807) is 56.7 Å². The minimum absolute atomic E-state index is 0.0877. The number of nitrogens with zero attached hydrogens (tertiary/aromatic N) is 2. The van der Waals surface area contributed by atoms with Crippen LogP contribution in [0.2, 0.25) is 0 Å². The largest absolute Gasteiger partial charge is 0.494 e. The van der Waals surface area contributed by atoms with Crippen molar-refractivity contribution in [2.24, 2.45) is 0 Å². The van der Waals surface area contributed by atoms with E-state index in [2.05, 4.69) is 0 Å². The third-order valence-corrected chi connectivity index (χ3v) is 6.55. The molecule has 38 heavy (non-hydrogen) atoms. The molecule has 198 valence electrons. The average Bonchev–Trinajstić information content (AvgIpc) is 3.22. The predicted octanol–water partition coefficient (Wildman–Crippen LogP) is 4.43. The highest BCUT2D eigenvalue weighted by Crippen LogP contribution is 2.30. The number of methoxy groups -OCH3 is 2. The minimum Gasteiger partial charge on any atom is -0.494 e. The van der Waals surface area contributed by atoms with Gasteiger partial charge in [-0.15, -0.1) is 0 Å². The number of anilines is 1. The topological polar surface area (TPSA) is 85.4 Å². The number of hydrogen-bond acceptors (Lipinski definition) is 6. The molecular formula is C30H32N2O6. The molecule has 0 aromatic heterocycles. The second kappa shape index (κ2) is 11.8. The highest BCUT2D eigenvalue weighted by Gasteiger charge is 2.44. The van der Waals surface area contributed by atoms with Crippen molar-refractivity contribution in [3.63, 3.8) is 0 Å². The third-order valence-electron chi connectivity index (χ3n) is 6.55. The third kappa shape index (κ3) is 5.64. The molecule has 1 saturated heterocycles. The van der Waals surface area contributed by atoms with Crippen LogP contribution in [0.5, 0.6) is 17.2 Å². The molecule has 1 aliphatic rings. The van der Waals surface area contributed by atoms with Gasteiger partial charge in [0.15, 0.2) is 11.5 Å². The second-order valence-corrected chi connectivity index (χ2v) is 9.02. The number of imide groups is 1. The van der Waals surface area contributed by atoms with Crippen molar-refractivity contribution >= 4 is 23.4 Å². The summed E-state index contributed by atoms with van der Waals surface area (Å²) in [5.74, 6) is 0.758. The van der Waals surface area contributed by atoms with E-state index >= 15 is 0 Å². The van der Waals surface area contributed by atoms with Crippen LogP contribution >= 0.6 is 0 Å². The Kier molecular flexibility index (Phi) is 8.31. The Balaban J connectivity index is 1.61. The molecule has 0 aliphatic carbocycles. The fourth-order valence-electron chi connectivity index (χ4n) is 4.54. The van der Waals surface area contributed by atoms with Gasteiger partial charge in [-0.25, -0.2) is 4.90 Å². The maximum atomic E-state index is 13.7. The average molecular weight is 517 g/mol. The van der Waals surface area contributed by atoms with Gasteiger partial charge in [0.2, 0.25) is 5.91 Å². The van der Waals surface area contributed by atoms with Crippen molar-refractivity contribution in [1.82, 2.24) is 4.90 Å². The fourth-order valence-corrected chi connectivity index (χ4v) is 4.54. The van der Waals surface area contributed by atoms with Gasteiger partial charge in [-0.1, -0.05) is 23.8 Å². The van der Waals surface area contributed by atoms with Crippen LogP contribution in [-0.2, 0) is 16.0 Å². The molecule has 3 amide bonds. The van der Waals surface area contributed by atoms with E-state index in [0.717, 1.165) is 16.0 Å². The van der Waals surface area contributed by atoms with E-state index in [1.165, 1.54) is 4.90 Å². The van der Waals surface area contributed by atoms with Gasteiger partial charge in [-0.05, 0) is 74.4 Å². The lowest BCUT2D eigenvalue weighted by molar-refractivity contribution is -0.122. The molecule has 0 bridgehead atoms. The monoisotopic (exact) mass is 516 g/mol. The fraction of sp³-hybridized carbons (Fsp3) is 0.300. The number of ether oxygens (including phenoxy) is 3. The molecule has 0 radical (unpaired) electrons. The molecule has 1 unspecified atom stereocenters. The van der Waals surface area contributed by atoms with E-state index in [4.69, 9.17) is 14.2 Å². The zero-order valence-corrected chi connectivity index (χ0v) is 22.1. The van der Waals surface area contributed by atoms with Crippen LogP contribution in [0.3, 0.4) is 0 Å². The summed E-state index contributed by atoms with van der Waals surface area (Å²) in [5, 5.41) is 0. The number of hydrogen-bond donors (Lipinski definition) is 0. The SMILES string of the molecule is CCOc1ccc(N2C(=O)CC(N(CCc3ccc(OC)c(OC)c3)C(=O)c3ccc(C)cc3)C2=O)cc1. The van der Waals surface area contributed by atoms with Crippen LogP contribution in [0, 0.1) is 6.92 Å². The smallest absolute Gasteiger partial charge is 0.257 e. The van der Waals surface area contributed by atoms with Crippen molar-refractivity contribution in [3.8, 4) is 17.2 Å². The van der Waals surface area contributed by atoms with Crippen molar-refractivity contribution in [2.75, 3.05) is 32.3 Å². The summed E-state index contributed by atoms with van der Waals surface area (Å²) < 4.78 is 16.2. The van der Waals surface area contributed by atoms with E-state index in [-0.39, 0.29) is 24.8 Å². The molecule has 0 spiro atoms. The van der Waals surface area contributed by atoms with Crippen LogP contribution in [0.4, 0.5) is 5.69 Å². The molecule has 1 atom stereocenters. The quantitative estimate of drug-likeness (QED) is 0.371. The van der Waals surface area contributed by atoms with Crippen LogP contribution in [-0.4, -0.2) is 56.0 Å². The second-order valence-electron chi connectivity index (χ2n) is 9.02. The number of benzene rings is 3. The van der Waals surface area contributed by atoms with Gasteiger partial charge in [0.1, 0.15) is 11.8 Å². The van der Waals surface area contributed by atoms with Gasteiger partial charge in [0, 0.05) is 12.1 Å². The van der Waals surface area contributed by atoms with E-state index in [1.807, 2.05) is 38.1 Å². The van der Waals surface area contributed by atoms with Gasteiger partial charge in [-0.2, -0.15) is 0 Å². The summed E-state index contributed by atoms with van der Waals surface area (Å²) >= 11 is 0. The van der Waals surface area contributed by atoms with Gasteiger partial charge in [0.25, 0.3) is 11.8 Å². The number of carbonyl (C=O) groups excluding carboxylic acids is 3. The Bertz CT molecular complexity index is 1300. The Morgan fingerprint density at radius 3 is 2.26 bits per heavy atom. The standard InChI is InChI=1S/C30H32N2O6/c1-5-38-24-13-11-23(12-14-24)32-28(33)19-25(30(32)35)31(29(34)22-9-6-20(2)7-10-22)17-16-21-8-15-26(36-3)27(18-21)37-4/h6-15,18,25H,5,16-17,19H2,1-4H3. The summed E-state index contributed by atoms with van der Waals surface area (Å²) in [6.07, 6.45) is 0.370. The summed E-state index contributed by atoms with van der Waals surface area (Å²) in [6, 6.07) is 18.6. The van der Waals surface area contributed by atoms with Crippen LogP contribution in [0.1, 0.15) is 34.8 Å². The van der Waals surface area contributed by atoms with Gasteiger partial charge in [-0.3, -0.25) is 14.4 Å². The van der Waals surface area contributed by atoms with Gasteiger partial charge in [0.05, 0.1) is 32.9 Å². The van der Waals surface area contributed by atoms with Crippen LogP contribution < -0.4 is 19.1 Å². The molecular weight excluding hydrogens is 484 g/mol. The first-order chi connectivity index (χ1) is 18.4. The zero-order chi connectivity index (χ0) is 27.2. The lowest BCUT2D eigenvalue weighted by atomic mass is 10.1. The molecule has 0 saturated carbocycles. The number of rotatable bonds is 10. The van der Waals surface area contributed by atoms with E-state index in [0.29, 0.717) is 41.5 Å². The molecule has 3 aromatic carbocycles.